The molecule has 0 saturated heterocycles. The molecule has 0 radical (unpaired) electrons. The highest BCUT2D eigenvalue weighted by atomic mass is 35.5. The average Bonchev–Trinajstić information content (AvgIpc) is 3.14. The van der Waals surface area contributed by atoms with Crippen LogP contribution in [0, 0.1) is 6.92 Å². The number of thiazole rings is 1. The van der Waals surface area contributed by atoms with Crippen molar-refractivity contribution in [3.8, 4) is 10.6 Å². The number of rotatable bonds is 8. The molecule has 0 spiro atoms. The van der Waals surface area contributed by atoms with Gasteiger partial charge in [-0.3, -0.25) is 24.0 Å². The van der Waals surface area contributed by atoms with E-state index in [9.17, 15) is 14.4 Å². The number of nitrogens with zero attached hydrogens (tertiary/aromatic N) is 3. The van der Waals surface area contributed by atoms with Crippen LogP contribution in [-0.2, 0) is 6.54 Å². The van der Waals surface area contributed by atoms with Crippen molar-refractivity contribution in [1.29, 1.82) is 0 Å². The molecule has 0 fully saturated rings. The molecule has 0 saturated carbocycles. The smallest absolute Gasteiger partial charge is 0.330 e. The van der Waals surface area contributed by atoms with E-state index in [-0.39, 0.29) is 24.0 Å². The van der Waals surface area contributed by atoms with E-state index in [1.54, 1.807) is 19.1 Å². The van der Waals surface area contributed by atoms with E-state index in [0.29, 0.717) is 40.0 Å². The maximum Gasteiger partial charge on any atom is 0.330 e. The summed E-state index contributed by atoms with van der Waals surface area (Å²) in [5, 5.41) is 1.23. The minimum absolute atomic E-state index is 0.00812. The summed E-state index contributed by atoms with van der Waals surface area (Å²) < 4.78 is 1.31. The van der Waals surface area contributed by atoms with E-state index in [0.717, 1.165) is 12.0 Å². The van der Waals surface area contributed by atoms with Crippen LogP contribution in [0.5, 0.6) is 0 Å². The number of aromatic amines is 1. The van der Waals surface area contributed by atoms with Gasteiger partial charge in [0.2, 0.25) is 0 Å². The number of nitrogen functional groups attached to an aromatic ring is 1. The summed E-state index contributed by atoms with van der Waals surface area (Å²) in [6.45, 7) is 6.26. The fraction of sp³-hybridized carbons (Fsp3) is 0.364. The van der Waals surface area contributed by atoms with Crippen molar-refractivity contribution in [2.75, 3.05) is 17.2 Å². The summed E-state index contributed by atoms with van der Waals surface area (Å²) in [6, 6.07) is 7.24. The van der Waals surface area contributed by atoms with Gasteiger partial charge in [0.15, 0.2) is 5.69 Å². The van der Waals surface area contributed by atoms with Crippen LogP contribution in [-0.4, -0.2) is 27.0 Å². The second-order valence-electron chi connectivity index (χ2n) is 7.40. The monoisotopic (exact) mass is 475 g/mol. The molecular formula is C22H26ClN5O3S. The number of anilines is 2. The Labute approximate surface area is 194 Å². The molecule has 1 amide bonds. The van der Waals surface area contributed by atoms with Crippen LogP contribution in [0.1, 0.15) is 48.5 Å². The first-order chi connectivity index (χ1) is 15.3. The zero-order chi connectivity index (χ0) is 23.4. The molecule has 3 N–H and O–H groups in total. The molecule has 32 heavy (non-hydrogen) atoms. The number of carbonyl (C=O) groups excluding carboxylic acids is 1. The molecular weight excluding hydrogens is 450 g/mol. The van der Waals surface area contributed by atoms with Gasteiger partial charge in [-0.05, 0) is 31.9 Å². The third-order valence-electron chi connectivity index (χ3n) is 4.97. The fourth-order valence-corrected chi connectivity index (χ4v) is 4.58. The minimum Gasteiger partial charge on any atom is -0.383 e. The highest BCUT2D eigenvalue weighted by molar-refractivity contribution is 7.17. The third-order valence-corrected chi connectivity index (χ3v) is 6.40. The standard InChI is InChI=1S/C22H26ClN5O3S/c1-4-6-11-28-18(24)16(19(29)26-22(28)31)27(10-5-2)21(30)17-13(3)25-20(32-17)14-8-7-9-15(23)12-14/h7-9,12H,4-6,10-11,24H2,1-3H3,(H,26,29,31). The molecule has 10 heteroatoms. The Morgan fingerprint density at radius 1 is 1.28 bits per heavy atom. The van der Waals surface area contributed by atoms with Crippen LogP contribution in [0.3, 0.4) is 0 Å². The van der Waals surface area contributed by atoms with Gasteiger partial charge in [0.25, 0.3) is 11.5 Å². The van der Waals surface area contributed by atoms with Crippen molar-refractivity contribution in [3.05, 3.63) is 60.7 Å². The average molecular weight is 476 g/mol. The summed E-state index contributed by atoms with van der Waals surface area (Å²) in [6.07, 6.45) is 2.16. The fourth-order valence-electron chi connectivity index (χ4n) is 3.38. The normalized spacial score (nSPS) is 11.0. The number of carbonyl (C=O) groups is 1. The van der Waals surface area contributed by atoms with E-state index >= 15 is 0 Å². The van der Waals surface area contributed by atoms with Crippen molar-refractivity contribution < 1.29 is 4.79 Å². The van der Waals surface area contributed by atoms with E-state index in [1.807, 2.05) is 26.0 Å². The number of halogens is 1. The van der Waals surface area contributed by atoms with Crippen molar-refractivity contribution >= 4 is 40.4 Å². The molecule has 0 aliphatic rings. The van der Waals surface area contributed by atoms with E-state index in [2.05, 4.69) is 9.97 Å². The quantitative estimate of drug-likeness (QED) is 0.509. The topological polar surface area (TPSA) is 114 Å². The van der Waals surface area contributed by atoms with Crippen LogP contribution in [0.25, 0.3) is 10.6 Å². The van der Waals surface area contributed by atoms with E-state index < -0.39 is 11.2 Å². The summed E-state index contributed by atoms with van der Waals surface area (Å²) >= 11 is 7.32. The molecule has 0 bridgehead atoms. The Balaban J connectivity index is 2.08. The van der Waals surface area contributed by atoms with E-state index in [4.69, 9.17) is 17.3 Å². The van der Waals surface area contributed by atoms with E-state index in [1.165, 1.54) is 20.8 Å². The molecule has 2 aromatic heterocycles. The van der Waals surface area contributed by atoms with Gasteiger partial charge in [-0.15, -0.1) is 11.3 Å². The zero-order valence-electron chi connectivity index (χ0n) is 18.3. The molecule has 8 nitrogen and oxygen atoms in total. The van der Waals surface area contributed by atoms with Gasteiger partial charge in [0.1, 0.15) is 15.7 Å². The van der Waals surface area contributed by atoms with Crippen LogP contribution in [0.4, 0.5) is 11.5 Å². The first kappa shape index (κ1) is 23.7. The highest BCUT2D eigenvalue weighted by Gasteiger charge is 2.27. The van der Waals surface area contributed by atoms with Gasteiger partial charge in [-0.25, -0.2) is 9.78 Å². The zero-order valence-corrected chi connectivity index (χ0v) is 19.8. The summed E-state index contributed by atoms with van der Waals surface area (Å²) in [7, 11) is 0. The second-order valence-corrected chi connectivity index (χ2v) is 8.83. The Morgan fingerprint density at radius 2 is 2.03 bits per heavy atom. The predicted molar refractivity (Wildman–Crippen MR) is 130 cm³/mol. The maximum absolute atomic E-state index is 13.6. The Kier molecular flexibility index (Phi) is 7.52. The SMILES string of the molecule is CCCCn1c(N)c(N(CCC)C(=O)c2sc(-c3cccc(Cl)c3)nc2C)c(=O)[nH]c1=O. The van der Waals surface area contributed by atoms with Gasteiger partial charge >= 0.3 is 5.69 Å². The summed E-state index contributed by atoms with van der Waals surface area (Å²) in [5.41, 5.74) is 6.33. The van der Waals surface area contributed by atoms with Crippen LogP contribution >= 0.6 is 22.9 Å². The maximum atomic E-state index is 13.6. The van der Waals surface area contributed by atoms with Crippen molar-refractivity contribution in [2.24, 2.45) is 0 Å². The molecule has 0 aliphatic carbocycles. The number of aromatic nitrogens is 3. The second kappa shape index (κ2) is 10.1. The molecule has 3 aromatic rings. The van der Waals surface area contributed by atoms with Gasteiger partial charge in [-0.2, -0.15) is 0 Å². The van der Waals surface area contributed by atoms with Crippen LogP contribution in [0.15, 0.2) is 33.9 Å². The summed E-state index contributed by atoms with van der Waals surface area (Å²) in [5.74, 6) is -0.390. The Bertz CT molecular complexity index is 1250. The number of hydrogen-bond donors (Lipinski definition) is 2. The Morgan fingerprint density at radius 3 is 2.69 bits per heavy atom. The van der Waals surface area contributed by atoms with Gasteiger partial charge in [-0.1, -0.05) is 44.0 Å². The van der Waals surface area contributed by atoms with Gasteiger partial charge < -0.3 is 5.73 Å². The first-order valence-electron chi connectivity index (χ1n) is 10.5. The van der Waals surface area contributed by atoms with Crippen molar-refractivity contribution in [1.82, 2.24) is 14.5 Å². The lowest BCUT2D eigenvalue weighted by molar-refractivity contribution is 0.0989. The lowest BCUT2D eigenvalue weighted by Gasteiger charge is -2.23. The molecule has 3 rings (SSSR count). The lowest BCUT2D eigenvalue weighted by atomic mass is 10.2. The molecule has 0 aliphatic heterocycles. The number of H-pyrrole nitrogens is 1. The molecule has 0 atom stereocenters. The third kappa shape index (κ3) is 4.78. The van der Waals surface area contributed by atoms with Crippen LogP contribution in [0.2, 0.25) is 5.02 Å². The number of hydrogen-bond acceptors (Lipinski definition) is 6. The molecule has 170 valence electrons. The molecule has 1 aromatic carbocycles. The first-order valence-corrected chi connectivity index (χ1v) is 11.7. The predicted octanol–water partition coefficient (Wildman–Crippen LogP) is 4.06. The van der Waals surface area contributed by atoms with Crippen LogP contribution < -0.4 is 21.9 Å². The number of benzene rings is 1. The lowest BCUT2D eigenvalue weighted by Crippen LogP contribution is -2.41. The highest BCUT2D eigenvalue weighted by Crippen LogP contribution is 2.31. The van der Waals surface area contributed by atoms with Gasteiger partial charge in [0.05, 0.1) is 5.69 Å². The molecule has 0 unspecified atom stereocenters. The number of nitrogens with one attached hydrogen (secondary N) is 1. The number of nitrogens with two attached hydrogens (primary N) is 1. The van der Waals surface area contributed by atoms with Gasteiger partial charge in [0, 0.05) is 23.7 Å². The Hall–Kier alpha value is -2.91. The number of unbranched alkanes of at least 4 members (excludes halogenated alkanes) is 1. The number of amides is 1. The van der Waals surface area contributed by atoms with Crippen molar-refractivity contribution in [2.45, 2.75) is 46.6 Å². The molecule has 2 heterocycles. The number of aryl methyl sites for hydroxylation is 1. The largest absolute Gasteiger partial charge is 0.383 e. The van der Waals surface area contributed by atoms with Crippen molar-refractivity contribution in [3.63, 3.8) is 0 Å². The summed E-state index contributed by atoms with van der Waals surface area (Å²) in [4.78, 5) is 47.2. The minimum atomic E-state index is -0.681.